The molecule has 3 aromatic carbocycles. The number of benzene rings is 3. The van der Waals surface area contributed by atoms with Crippen LogP contribution in [0.15, 0.2) is 71.9 Å². The number of fused-ring (bicyclic) bond motifs is 4. The van der Waals surface area contributed by atoms with Gasteiger partial charge in [0.25, 0.3) is 0 Å². The van der Waals surface area contributed by atoms with E-state index in [2.05, 4.69) is 30.3 Å². The third-order valence-corrected chi connectivity index (χ3v) is 7.13. The molecule has 0 unspecified atom stereocenters. The van der Waals surface area contributed by atoms with Crippen molar-refractivity contribution < 1.29 is 13.1 Å². The SMILES string of the molecule is CC1=C(c2c3ccccc3cc3ccccc23)C(C)=[N+]2C1=Cc1c(C)cc(C)n1[B-]2(F)F. The number of halogens is 2. The summed E-state index contributed by atoms with van der Waals surface area (Å²) in [6.07, 6.45) is 1.93. The highest BCUT2D eigenvalue weighted by Crippen LogP contribution is 2.44. The van der Waals surface area contributed by atoms with E-state index in [0.29, 0.717) is 22.8 Å². The first kappa shape index (κ1) is 19.2. The molecule has 6 rings (SSSR count). The van der Waals surface area contributed by atoms with E-state index in [-0.39, 0.29) is 0 Å². The summed E-state index contributed by atoms with van der Waals surface area (Å²) >= 11 is 0. The monoisotopic (exact) mass is 424 g/mol. The summed E-state index contributed by atoms with van der Waals surface area (Å²) in [6.45, 7) is 3.49. The van der Waals surface area contributed by atoms with Crippen LogP contribution in [0.25, 0.3) is 33.2 Å². The predicted octanol–water partition coefficient (Wildman–Crippen LogP) is 6.95. The second-order valence-electron chi connectivity index (χ2n) is 8.99. The molecule has 0 atom stereocenters. The maximum Gasteiger partial charge on any atom is 0.737 e. The van der Waals surface area contributed by atoms with Crippen LogP contribution in [0.4, 0.5) is 8.63 Å². The zero-order valence-corrected chi connectivity index (χ0v) is 18.6. The van der Waals surface area contributed by atoms with Crippen molar-refractivity contribution in [3.8, 4) is 0 Å². The lowest BCUT2D eigenvalue weighted by atomic mass is 9.88. The standard InChI is InChI=1S/C27H23BF2N2/c1-16-13-17(2)31-24(16)15-25-18(3)26(19(4)32(25)28(31,29)30)27-22-11-7-5-9-20(22)14-21-10-6-8-12-23(21)27/h5-15H,1-4H3. The second kappa shape index (κ2) is 6.29. The number of aryl methyl sites for hydroxylation is 2. The van der Waals surface area contributed by atoms with E-state index >= 15 is 8.63 Å². The zero-order valence-electron chi connectivity index (χ0n) is 18.6. The summed E-state index contributed by atoms with van der Waals surface area (Å²) in [4.78, 5) is 0. The van der Waals surface area contributed by atoms with E-state index in [1.54, 1.807) is 6.92 Å². The van der Waals surface area contributed by atoms with E-state index in [4.69, 9.17) is 0 Å². The van der Waals surface area contributed by atoms with Crippen LogP contribution in [-0.4, -0.2) is 21.6 Å². The third-order valence-electron chi connectivity index (χ3n) is 7.13. The fourth-order valence-electron chi connectivity index (χ4n) is 5.79. The van der Waals surface area contributed by atoms with Gasteiger partial charge in [-0.25, -0.2) is 0 Å². The summed E-state index contributed by atoms with van der Waals surface area (Å²) in [5.41, 5.74) is 6.13. The first-order valence-corrected chi connectivity index (χ1v) is 11.0. The molecule has 0 fully saturated rings. The molecule has 4 aromatic rings. The van der Waals surface area contributed by atoms with E-state index in [1.807, 2.05) is 57.2 Å². The van der Waals surface area contributed by atoms with Crippen molar-refractivity contribution in [2.75, 3.05) is 0 Å². The molecule has 0 aliphatic carbocycles. The average Bonchev–Trinajstić information content (AvgIpc) is 3.19. The Kier molecular flexibility index (Phi) is 3.78. The first-order chi connectivity index (χ1) is 15.3. The molecule has 1 aromatic heterocycles. The van der Waals surface area contributed by atoms with Crippen molar-refractivity contribution in [1.29, 1.82) is 0 Å². The molecule has 0 N–H and O–H groups in total. The lowest BCUT2D eigenvalue weighted by Gasteiger charge is -2.30. The van der Waals surface area contributed by atoms with Gasteiger partial charge in [-0.2, -0.15) is 0 Å². The largest absolute Gasteiger partial charge is 0.737 e. The molecule has 0 spiro atoms. The van der Waals surface area contributed by atoms with Gasteiger partial charge in [0.1, 0.15) is 5.71 Å². The van der Waals surface area contributed by atoms with Crippen molar-refractivity contribution in [1.82, 2.24) is 4.48 Å². The molecular formula is C27H23BF2N2. The van der Waals surface area contributed by atoms with Gasteiger partial charge in [-0.3, -0.25) is 0 Å². The zero-order chi connectivity index (χ0) is 22.4. The maximum absolute atomic E-state index is 16.0. The Morgan fingerprint density at radius 1 is 0.812 bits per heavy atom. The predicted molar refractivity (Wildman–Crippen MR) is 130 cm³/mol. The Bertz CT molecular complexity index is 1530. The van der Waals surface area contributed by atoms with Crippen molar-refractivity contribution in [3.05, 3.63) is 94.4 Å². The van der Waals surface area contributed by atoms with Crippen LogP contribution in [0.3, 0.4) is 0 Å². The molecule has 5 heteroatoms. The summed E-state index contributed by atoms with van der Waals surface area (Å²) in [5, 5.41) is 4.40. The van der Waals surface area contributed by atoms with E-state index in [9.17, 15) is 0 Å². The minimum absolute atomic E-state index is 0.590. The molecule has 32 heavy (non-hydrogen) atoms. The Balaban J connectivity index is 1.75. The Morgan fingerprint density at radius 3 is 2.03 bits per heavy atom. The third kappa shape index (κ3) is 2.31. The van der Waals surface area contributed by atoms with Crippen LogP contribution in [-0.2, 0) is 0 Å². The summed E-state index contributed by atoms with van der Waals surface area (Å²) in [5.74, 6) is 0. The fraction of sp³-hybridized carbons (Fsp3) is 0.148. The van der Waals surface area contributed by atoms with Gasteiger partial charge in [-0.1, -0.05) is 48.5 Å². The number of aromatic nitrogens is 1. The minimum Gasteiger partial charge on any atom is -0.394 e. The normalized spacial score (nSPS) is 17.2. The van der Waals surface area contributed by atoms with Gasteiger partial charge in [-0.15, -0.1) is 0 Å². The van der Waals surface area contributed by atoms with Gasteiger partial charge in [0.2, 0.25) is 0 Å². The molecular weight excluding hydrogens is 401 g/mol. The highest BCUT2D eigenvalue weighted by molar-refractivity contribution is 6.59. The highest BCUT2D eigenvalue weighted by atomic mass is 19.2. The molecule has 0 bridgehead atoms. The van der Waals surface area contributed by atoms with Gasteiger partial charge in [0.05, 0.1) is 5.57 Å². The molecule has 158 valence electrons. The van der Waals surface area contributed by atoms with Crippen molar-refractivity contribution in [2.24, 2.45) is 0 Å². The molecule has 0 amide bonds. The highest BCUT2D eigenvalue weighted by Gasteiger charge is 2.54. The first-order valence-electron chi connectivity index (χ1n) is 11.0. The van der Waals surface area contributed by atoms with Crippen molar-refractivity contribution >= 4 is 45.9 Å². The number of hydrogen-bond acceptors (Lipinski definition) is 0. The fourth-order valence-corrected chi connectivity index (χ4v) is 5.79. The molecule has 0 saturated heterocycles. The average molecular weight is 424 g/mol. The second-order valence-corrected chi connectivity index (χ2v) is 8.99. The van der Waals surface area contributed by atoms with Gasteiger partial charge < -0.3 is 17.6 Å². The van der Waals surface area contributed by atoms with Gasteiger partial charge in [0.15, 0.2) is 5.70 Å². The quantitative estimate of drug-likeness (QED) is 0.231. The van der Waals surface area contributed by atoms with E-state index in [0.717, 1.165) is 43.8 Å². The minimum atomic E-state index is -3.99. The Morgan fingerprint density at radius 2 is 1.41 bits per heavy atom. The Hall–Kier alpha value is -3.47. The van der Waals surface area contributed by atoms with Crippen LogP contribution < -0.4 is 0 Å². The summed E-state index contributed by atoms with van der Waals surface area (Å²) in [6, 6.07) is 20.5. The van der Waals surface area contributed by atoms with Gasteiger partial charge >= 0.3 is 6.97 Å². The van der Waals surface area contributed by atoms with Crippen LogP contribution in [0.2, 0.25) is 0 Å². The van der Waals surface area contributed by atoms with Crippen LogP contribution in [0.1, 0.15) is 36.4 Å². The summed E-state index contributed by atoms with van der Waals surface area (Å²) < 4.78 is 34.6. The Labute approximate surface area is 185 Å². The molecule has 3 heterocycles. The van der Waals surface area contributed by atoms with Gasteiger partial charge in [-0.05, 0) is 65.7 Å². The molecule has 2 nitrogen and oxygen atoms in total. The topological polar surface area (TPSA) is 7.94 Å². The van der Waals surface area contributed by atoms with Crippen molar-refractivity contribution in [2.45, 2.75) is 27.7 Å². The lowest BCUT2D eigenvalue weighted by Crippen LogP contribution is -2.50. The van der Waals surface area contributed by atoms with Crippen LogP contribution in [0.5, 0.6) is 0 Å². The number of rotatable bonds is 1. The maximum atomic E-state index is 16.0. The summed E-state index contributed by atoms with van der Waals surface area (Å²) in [7, 11) is 0. The van der Waals surface area contributed by atoms with Crippen molar-refractivity contribution in [3.63, 3.8) is 0 Å². The molecule has 0 saturated carbocycles. The molecule has 2 aliphatic rings. The number of hydrogen-bond donors (Lipinski definition) is 0. The van der Waals surface area contributed by atoms with Crippen LogP contribution >= 0.6 is 0 Å². The molecule has 0 radical (unpaired) electrons. The van der Waals surface area contributed by atoms with Gasteiger partial charge in [0, 0.05) is 29.8 Å². The van der Waals surface area contributed by atoms with E-state index < -0.39 is 6.97 Å². The number of nitrogens with zero attached hydrogens (tertiary/aromatic N) is 2. The number of allylic oxidation sites excluding steroid dienone is 2. The lowest BCUT2D eigenvalue weighted by molar-refractivity contribution is -0.362. The smallest absolute Gasteiger partial charge is 0.394 e. The van der Waals surface area contributed by atoms with E-state index in [1.165, 1.54) is 8.96 Å². The molecule has 2 aliphatic heterocycles. The van der Waals surface area contributed by atoms with Crippen LogP contribution in [0, 0.1) is 13.8 Å².